The number of carbonyl (C=O) groups excluding carboxylic acids is 1. The maximum absolute atomic E-state index is 13.2. The Balaban J connectivity index is 1.62. The first-order valence-electron chi connectivity index (χ1n) is 9.72. The third-order valence-corrected chi connectivity index (χ3v) is 6.90. The van der Waals surface area contributed by atoms with Crippen molar-refractivity contribution >= 4 is 56.8 Å². The lowest BCUT2D eigenvalue weighted by Crippen LogP contribution is -2.25. The van der Waals surface area contributed by atoms with Gasteiger partial charge in [-0.1, -0.05) is 59.2 Å². The minimum absolute atomic E-state index is 0.118. The van der Waals surface area contributed by atoms with Crippen LogP contribution in [0.15, 0.2) is 76.4 Å². The van der Waals surface area contributed by atoms with Gasteiger partial charge in [0.25, 0.3) is 5.91 Å². The molecule has 1 aromatic heterocycles. The third kappa shape index (κ3) is 5.76. The Bertz CT molecular complexity index is 1300. The number of thioether (sulfide) groups is 1. The highest BCUT2D eigenvalue weighted by Gasteiger charge is 2.19. The first-order chi connectivity index (χ1) is 15.9. The number of hydrogen-bond acceptors (Lipinski definition) is 4. The number of carbonyl (C=O) groups is 1. The lowest BCUT2D eigenvalue weighted by atomic mass is 10.2. The van der Waals surface area contributed by atoms with Gasteiger partial charge < -0.3 is 5.32 Å². The molecule has 4 rings (SSSR count). The van der Waals surface area contributed by atoms with E-state index in [0.717, 1.165) is 5.56 Å². The largest absolute Gasteiger partial charge is 0.345 e. The van der Waals surface area contributed by atoms with Gasteiger partial charge in [0.2, 0.25) is 0 Å². The third-order valence-electron chi connectivity index (χ3n) is 4.66. The normalized spacial score (nSPS) is 10.9. The molecule has 33 heavy (non-hydrogen) atoms. The summed E-state index contributed by atoms with van der Waals surface area (Å²) >= 11 is 17.5. The zero-order valence-corrected chi connectivity index (χ0v) is 20.8. The van der Waals surface area contributed by atoms with Crippen LogP contribution in [0.2, 0.25) is 10.0 Å². The fourth-order valence-electron chi connectivity index (χ4n) is 3.04. The Morgan fingerprint density at radius 1 is 1.06 bits per heavy atom. The standard InChI is InChI=1S/C23H16BrCl2FN4OS/c24-18-4-2-1-3-17(18)22(32)28-12-21-29-30-23(33-13-14-5-8-16(27)9-6-14)31(21)20-11-15(25)7-10-19(20)26/h1-11H,12-13H2,(H,28,32). The summed E-state index contributed by atoms with van der Waals surface area (Å²) in [5.41, 5.74) is 2.04. The van der Waals surface area contributed by atoms with Crippen LogP contribution in [0, 0.1) is 5.82 Å². The van der Waals surface area contributed by atoms with Crippen molar-refractivity contribution in [2.24, 2.45) is 0 Å². The lowest BCUT2D eigenvalue weighted by molar-refractivity contribution is 0.0949. The van der Waals surface area contributed by atoms with E-state index in [1.807, 2.05) is 6.07 Å². The Morgan fingerprint density at radius 3 is 2.58 bits per heavy atom. The van der Waals surface area contributed by atoms with Crippen molar-refractivity contribution in [2.75, 3.05) is 0 Å². The molecule has 0 spiro atoms. The summed E-state index contributed by atoms with van der Waals surface area (Å²) in [4.78, 5) is 12.7. The van der Waals surface area contributed by atoms with Crippen LogP contribution in [0.3, 0.4) is 0 Å². The molecule has 10 heteroatoms. The summed E-state index contributed by atoms with van der Waals surface area (Å²) in [6.07, 6.45) is 0. The summed E-state index contributed by atoms with van der Waals surface area (Å²) in [7, 11) is 0. The van der Waals surface area contributed by atoms with Crippen molar-refractivity contribution in [1.29, 1.82) is 0 Å². The van der Waals surface area contributed by atoms with Crippen molar-refractivity contribution < 1.29 is 9.18 Å². The smallest absolute Gasteiger partial charge is 0.252 e. The van der Waals surface area contributed by atoms with E-state index in [4.69, 9.17) is 23.2 Å². The fourth-order valence-corrected chi connectivity index (χ4v) is 4.79. The summed E-state index contributed by atoms with van der Waals surface area (Å²) in [6.45, 7) is 0.118. The number of halogens is 4. The van der Waals surface area contributed by atoms with E-state index in [1.54, 1.807) is 53.1 Å². The van der Waals surface area contributed by atoms with Crippen LogP contribution >= 0.6 is 50.9 Å². The SMILES string of the molecule is O=C(NCc1nnc(SCc2ccc(F)cc2)n1-c1cc(Cl)ccc1Cl)c1ccccc1Br. The van der Waals surface area contributed by atoms with Crippen molar-refractivity contribution in [3.05, 3.63) is 104 Å². The molecule has 0 fully saturated rings. The first kappa shape index (κ1) is 23.8. The topological polar surface area (TPSA) is 59.8 Å². The molecule has 0 unspecified atom stereocenters. The number of benzene rings is 3. The van der Waals surface area contributed by atoms with Gasteiger partial charge in [-0.05, 0) is 64.0 Å². The van der Waals surface area contributed by atoms with Gasteiger partial charge in [-0.15, -0.1) is 10.2 Å². The Kier molecular flexibility index (Phi) is 7.70. The van der Waals surface area contributed by atoms with Crippen LogP contribution in [0.4, 0.5) is 4.39 Å². The molecule has 0 saturated carbocycles. The minimum atomic E-state index is -0.291. The summed E-state index contributed by atoms with van der Waals surface area (Å²) in [6, 6.07) is 18.5. The van der Waals surface area contributed by atoms with E-state index in [9.17, 15) is 9.18 Å². The Morgan fingerprint density at radius 2 is 1.82 bits per heavy atom. The van der Waals surface area contributed by atoms with E-state index in [0.29, 0.717) is 42.5 Å². The van der Waals surface area contributed by atoms with Gasteiger partial charge in [-0.3, -0.25) is 9.36 Å². The highest BCUT2D eigenvalue weighted by Crippen LogP contribution is 2.31. The molecule has 1 amide bonds. The molecule has 0 bridgehead atoms. The molecule has 0 saturated heterocycles. The molecule has 0 radical (unpaired) electrons. The zero-order chi connectivity index (χ0) is 23.4. The summed E-state index contributed by atoms with van der Waals surface area (Å²) < 4.78 is 15.7. The van der Waals surface area contributed by atoms with E-state index >= 15 is 0 Å². The molecule has 0 atom stereocenters. The van der Waals surface area contributed by atoms with Crippen molar-refractivity contribution in [1.82, 2.24) is 20.1 Å². The second kappa shape index (κ2) is 10.7. The van der Waals surface area contributed by atoms with Gasteiger partial charge in [-0.25, -0.2) is 4.39 Å². The zero-order valence-electron chi connectivity index (χ0n) is 16.9. The van der Waals surface area contributed by atoms with Gasteiger partial charge in [-0.2, -0.15) is 0 Å². The number of hydrogen-bond donors (Lipinski definition) is 1. The predicted octanol–water partition coefficient (Wildman–Crippen LogP) is 6.70. The number of rotatable bonds is 7. The van der Waals surface area contributed by atoms with E-state index in [1.165, 1.54) is 23.9 Å². The van der Waals surface area contributed by atoms with Gasteiger partial charge in [0.15, 0.2) is 11.0 Å². The number of amides is 1. The van der Waals surface area contributed by atoms with Crippen molar-refractivity contribution in [3.8, 4) is 5.69 Å². The molecule has 0 aliphatic carbocycles. The highest BCUT2D eigenvalue weighted by atomic mass is 79.9. The van der Waals surface area contributed by atoms with Gasteiger partial charge >= 0.3 is 0 Å². The average molecular weight is 566 g/mol. The molecule has 4 aromatic rings. The Labute approximate surface area is 212 Å². The molecular weight excluding hydrogens is 550 g/mol. The predicted molar refractivity (Wildman–Crippen MR) is 133 cm³/mol. The molecule has 168 valence electrons. The van der Waals surface area contributed by atoms with Crippen LogP contribution in [-0.2, 0) is 12.3 Å². The number of nitrogens with one attached hydrogen (secondary N) is 1. The summed E-state index contributed by atoms with van der Waals surface area (Å²) in [5, 5.41) is 13.0. The van der Waals surface area contributed by atoms with Gasteiger partial charge in [0.05, 0.1) is 22.8 Å². The molecule has 1 heterocycles. The molecular formula is C23H16BrCl2FN4OS. The molecule has 3 aromatic carbocycles. The van der Waals surface area contributed by atoms with Crippen LogP contribution in [0.1, 0.15) is 21.7 Å². The van der Waals surface area contributed by atoms with E-state index < -0.39 is 0 Å². The minimum Gasteiger partial charge on any atom is -0.345 e. The first-order valence-corrected chi connectivity index (χ1v) is 12.3. The van der Waals surface area contributed by atoms with Gasteiger partial charge in [0, 0.05) is 15.2 Å². The number of nitrogens with zero attached hydrogens (tertiary/aromatic N) is 3. The monoisotopic (exact) mass is 564 g/mol. The molecule has 1 N–H and O–H groups in total. The second-order valence-electron chi connectivity index (χ2n) is 6.91. The van der Waals surface area contributed by atoms with Crippen molar-refractivity contribution in [2.45, 2.75) is 17.5 Å². The van der Waals surface area contributed by atoms with Crippen LogP contribution in [-0.4, -0.2) is 20.7 Å². The lowest BCUT2D eigenvalue weighted by Gasteiger charge is -2.13. The quantitative estimate of drug-likeness (QED) is 0.253. The fraction of sp³-hybridized carbons (Fsp3) is 0.0870. The molecule has 0 aliphatic rings. The van der Waals surface area contributed by atoms with Crippen LogP contribution in [0.5, 0.6) is 0 Å². The summed E-state index contributed by atoms with van der Waals surface area (Å²) in [5.74, 6) is 0.483. The average Bonchev–Trinajstić information content (AvgIpc) is 3.21. The maximum atomic E-state index is 13.2. The maximum Gasteiger partial charge on any atom is 0.252 e. The van der Waals surface area contributed by atoms with Crippen LogP contribution < -0.4 is 5.32 Å². The number of aromatic nitrogens is 3. The van der Waals surface area contributed by atoms with Crippen LogP contribution in [0.25, 0.3) is 5.69 Å². The molecule has 0 aliphatic heterocycles. The van der Waals surface area contributed by atoms with Crippen molar-refractivity contribution in [3.63, 3.8) is 0 Å². The van der Waals surface area contributed by atoms with E-state index in [-0.39, 0.29) is 18.3 Å². The van der Waals surface area contributed by atoms with Gasteiger partial charge in [0.1, 0.15) is 5.82 Å². The Hall–Kier alpha value is -2.39. The molecule has 5 nitrogen and oxygen atoms in total. The van der Waals surface area contributed by atoms with E-state index in [2.05, 4.69) is 31.4 Å². The highest BCUT2D eigenvalue weighted by molar-refractivity contribution is 9.10. The second-order valence-corrected chi connectivity index (χ2v) is 9.55.